The van der Waals surface area contributed by atoms with Gasteiger partial charge in [0.25, 0.3) is 5.91 Å². The second kappa shape index (κ2) is 10.6. The Hall–Kier alpha value is -2.90. The summed E-state index contributed by atoms with van der Waals surface area (Å²) in [5, 5.41) is 4.90. The molecule has 2 aromatic carbocycles. The zero-order valence-corrected chi connectivity index (χ0v) is 21.6. The number of aryl methyl sites for hydroxylation is 1. The van der Waals surface area contributed by atoms with Crippen molar-refractivity contribution in [1.82, 2.24) is 14.7 Å². The summed E-state index contributed by atoms with van der Waals surface area (Å²) in [6.07, 6.45) is 5.70. The summed E-state index contributed by atoms with van der Waals surface area (Å²) in [4.78, 5) is 15.5. The van der Waals surface area contributed by atoms with Gasteiger partial charge in [-0.1, -0.05) is 56.0 Å². The highest BCUT2D eigenvalue weighted by molar-refractivity contribution is 8.26. The van der Waals surface area contributed by atoms with Gasteiger partial charge in [-0.3, -0.25) is 9.69 Å². The average molecular weight is 492 g/mol. The fourth-order valence-electron chi connectivity index (χ4n) is 3.78. The van der Waals surface area contributed by atoms with Gasteiger partial charge in [-0.05, 0) is 68.7 Å². The van der Waals surface area contributed by atoms with E-state index in [0.29, 0.717) is 15.8 Å². The second-order valence-corrected chi connectivity index (χ2v) is 10.0. The summed E-state index contributed by atoms with van der Waals surface area (Å²) in [6.45, 7) is 8.91. The standard InChI is InChI=1S/C27H29N3O2S2/c1-5-14-32-23-13-12-20(15-18(23)3)25-21(17-29(28-25)22-10-8-7-9-11-22)16-24-26(31)30(19(4)6-2)27(33)34-24/h7-13,15-17,19H,5-6,14H2,1-4H3/b24-16-/t19-/m1/s1. The topological polar surface area (TPSA) is 47.4 Å². The molecule has 34 heavy (non-hydrogen) atoms. The van der Waals surface area contributed by atoms with Crippen LogP contribution in [0.4, 0.5) is 0 Å². The van der Waals surface area contributed by atoms with Crippen LogP contribution in [0.2, 0.25) is 0 Å². The van der Waals surface area contributed by atoms with Gasteiger partial charge >= 0.3 is 0 Å². The first-order valence-corrected chi connectivity index (χ1v) is 12.8. The molecular weight excluding hydrogens is 462 g/mol. The molecule has 1 saturated heterocycles. The van der Waals surface area contributed by atoms with Crippen molar-refractivity contribution in [3.63, 3.8) is 0 Å². The number of carbonyl (C=O) groups is 1. The van der Waals surface area contributed by atoms with Gasteiger partial charge < -0.3 is 4.74 Å². The van der Waals surface area contributed by atoms with Crippen molar-refractivity contribution in [3.8, 4) is 22.7 Å². The summed E-state index contributed by atoms with van der Waals surface area (Å²) in [5.74, 6) is 0.839. The summed E-state index contributed by atoms with van der Waals surface area (Å²) in [5.41, 5.74) is 4.65. The molecule has 0 saturated carbocycles. The molecule has 1 aliphatic rings. The largest absolute Gasteiger partial charge is 0.493 e. The molecule has 1 aromatic heterocycles. The van der Waals surface area contributed by atoms with E-state index in [4.69, 9.17) is 22.1 Å². The van der Waals surface area contributed by atoms with E-state index in [1.165, 1.54) is 11.8 Å². The molecule has 0 bridgehead atoms. The Labute approximate surface area is 210 Å². The second-order valence-electron chi connectivity index (χ2n) is 8.35. The molecule has 2 heterocycles. The number of nitrogens with zero attached hydrogens (tertiary/aromatic N) is 3. The molecule has 1 amide bonds. The van der Waals surface area contributed by atoms with E-state index in [2.05, 4.69) is 19.9 Å². The Morgan fingerprint density at radius 3 is 2.62 bits per heavy atom. The monoisotopic (exact) mass is 491 g/mol. The third-order valence-corrected chi connectivity index (χ3v) is 7.15. The molecule has 0 unspecified atom stereocenters. The third-order valence-electron chi connectivity index (χ3n) is 5.82. The summed E-state index contributed by atoms with van der Waals surface area (Å²) >= 11 is 6.88. The summed E-state index contributed by atoms with van der Waals surface area (Å²) in [6, 6.07) is 16.1. The molecule has 0 radical (unpaired) electrons. The van der Waals surface area contributed by atoms with Gasteiger partial charge in [-0.25, -0.2) is 4.68 Å². The van der Waals surface area contributed by atoms with Gasteiger partial charge in [-0.2, -0.15) is 5.10 Å². The lowest BCUT2D eigenvalue weighted by atomic mass is 10.0. The normalized spacial score (nSPS) is 15.9. The van der Waals surface area contributed by atoms with Crippen molar-refractivity contribution in [1.29, 1.82) is 0 Å². The summed E-state index contributed by atoms with van der Waals surface area (Å²) < 4.78 is 8.32. The smallest absolute Gasteiger partial charge is 0.266 e. The van der Waals surface area contributed by atoms with Crippen LogP contribution < -0.4 is 4.74 Å². The number of aromatic nitrogens is 2. The highest BCUT2D eigenvalue weighted by Gasteiger charge is 2.35. The number of hydrogen-bond donors (Lipinski definition) is 0. The molecule has 176 valence electrons. The van der Waals surface area contributed by atoms with Gasteiger partial charge in [0.2, 0.25) is 0 Å². The number of para-hydroxylation sites is 1. The first kappa shape index (κ1) is 24.2. The molecule has 5 nitrogen and oxygen atoms in total. The van der Waals surface area contributed by atoms with Crippen LogP contribution in [0.5, 0.6) is 5.75 Å². The van der Waals surface area contributed by atoms with Crippen molar-refractivity contribution < 1.29 is 9.53 Å². The van der Waals surface area contributed by atoms with Crippen molar-refractivity contribution >= 4 is 40.3 Å². The van der Waals surface area contributed by atoms with Crippen LogP contribution in [-0.2, 0) is 4.79 Å². The number of hydrogen-bond acceptors (Lipinski definition) is 5. The minimum absolute atomic E-state index is 0.0396. The number of thioether (sulfide) groups is 1. The number of amides is 1. The highest BCUT2D eigenvalue weighted by Crippen LogP contribution is 2.37. The molecule has 7 heteroatoms. The maximum atomic E-state index is 13.1. The van der Waals surface area contributed by atoms with Crippen LogP contribution in [0, 0.1) is 6.92 Å². The van der Waals surface area contributed by atoms with Crippen LogP contribution in [0.1, 0.15) is 44.7 Å². The van der Waals surface area contributed by atoms with Gasteiger partial charge in [0.05, 0.1) is 17.2 Å². The lowest BCUT2D eigenvalue weighted by Gasteiger charge is -2.21. The molecule has 4 rings (SSSR count). The van der Waals surface area contributed by atoms with Gasteiger partial charge in [0.15, 0.2) is 0 Å². The average Bonchev–Trinajstić information content (AvgIpc) is 3.39. The lowest BCUT2D eigenvalue weighted by molar-refractivity contribution is -0.123. The fraction of sp³-hybridized carbons (Fsp3) is 0.296. The molecule has 1 aliphatic heterocycles. The van der Waals surface area contributed by atoms with E-state index in [9.17, 15) is 4.79 Å². The molecule has 1 fully saturated rings. The predicted molar refractivity (Wildman–Crippen MR) is 144 cm³/mol. The first-order chi connectivity index (χ1) is 16.4. The molecule has 0 aliphatic carbocycles. The zero-order valence-electron chi connectivity index (χ0n) is 19.9. The number of ether oxygens (including phenoxy) is 1. The maximum absolute atomic E-state index is 13.1. The Morgan fingerprint density at radius 2 is 1.94 bits per heavy atom. The van der Waals surface area contributed by atoms with E-state index >= 15 is 0 Å². The molecule has 0 N–H and O–H groups in total. The molecular formula is C27H29N3O2S2. The predicted octanol–water partition coefficient (Wildman–Crippen LogP) is 6.64. The van der Waals surface area contributed by atoms with Gasteiger partial charge in [0.1, 0.15) is 15.8 Å². The molecule has 1 atom stereocenters. The number of thiocarbonyl (C=S) groups is 1. The van der Waals surface area contributed by atoms with Crippen LogP contribution in [-0.4, -0.2) is 37.6 Å². The van der Waals surface area contributed by atoms with Crippen molar-refractivity contribution in [2.75, 3.05) is 6.61 Å². The number of benzene rings is 2. The van der Waals surface area contributed by atoms with Crippen molar-refractivity contribution in [2.24, 2.45) is 0 Å². The molecule has 0 spiro atoms. The summed E-state index contributed by atoms with van der Waals surface area (Å²) in [7, 11) is 0. The first-order valence-electron chi connectivity index (χ1n) is 11.6. The van der Waals surface area contributed by atoms with E-state index in [1.807, 2.05) is 73.3 Å². The van der Waals surface area contributed by atoms with E-state index in [1.54, 1.807) is 4.90 Å². The van der Waals surface area contributed by atoms with E-state index in [-0.39, 0.29) is 11.9 Å². The highest BCUT2D eigenvalue weighted by atomic mass is 32.2. The maximum Gasteiger partial charge on any atom is 0.266 e. The minimum atomic E-state index is -0.0396. The Morgan fingerprint density at radius 1 is 1.18 bits per heavy atom. The Kier molecular flexibility index (Phi) is 7.54. The Bertz CT molecular complexity index is 1230. The zero-order chi connectivity index (χ0) is 24.2. The van der Waals surface area contributed by atoms with Crippen molar-refractivity contribution in [2.45, 2.75) is 46.6 Å². The Balaban J connectivity index is 1.78. The van der Waals surface area contributed by atoms with Crippen LogP contribution >= 0.6 is 24.0 Å². The van der Waals surface area contributed by atoms with E-state index < -0.39 is 0 Å². The third kappa shape index (κ3) is 4.95. The number of carbonyl (C=O) groups excluding carboxylic acids is 1. The van der Waals surface area contributed by atoms with Crippen LogP contribution in [0.25, 0.3) is 23.0 Å². The fourth-order valence-corrected chi connectivity index (χ4v) is 5.24. The van der Waals surface area contributed by atoms with Crippen LogP contribution in [0.15, 0.2) is 59.6 Å². The van der Waals surface area contributed by atoms with Gasteiger partial charge in [0, 0.05) is 23.4 Å². The lowest BCUT2D eigenvalue weighted by Crippen LogP contribution is -2.36. The quantitative estimate of drug-likeness (QED) is 0.261. The van der Waals surface area contributed by atoms with E-state index in [0.717, 1.165) is 46.7 Å². The minimum Gasteiger partial charge on any atom is -0.493 e. The van der Waals surface area contributed by atoms with Gasteiger partial charge in [-0.15, -0.1) is 0 Å². The van der Waals surface area contributed by atoms with Crippen molar-refractivity contribution in [3.05, 3.63) is 70.8 Å². The SMILES string of the molecule is CCCOc1ccc(-c2nn(-c3ccccc3)cc2/C=C2\SC(=S)N([C@H](C)CC)C2=O)cc1C. The number of rotatable bonds is 8. The molecule has 3 aromatic rings. The van der Waals surface area contributed by atoms with Crippen LogP contribution in [0.3, 0.4) is 0 Å².